The van der Waals surface area contributed by atoms with Crippen molar-refractivity contribution in [3.63, 3.8) is 0 Å². The molecule has 0 aliphatic heterocycles. The summed E-state index contributed by atoms with van der Waals surface area (Å²) in [6.07, 6.45) is 0.896. The van der Waals surface area contributed by atoms with E-state index in [-0.39, 0.29) is 11.6 Å². The van der Waals surface area contributed by atoms with Crippen LogP contribution in [0.3, 0.4) is 0 Å². The number of carboxylic acids is 1. The molecular weight excluding hydrogens is 234 g/mol. The summed E-state index contributed by atoms with van der Waals surface area (Å²) < 4.78 is 10.3. The maximum atomic E-state index is 11.2. The topological polar surface area (TPSA) is 67.8 Å². The summed E-state index contributed by atoms with van der Waals surface area (Å²) in [5.41, 5.74) is 0.711. The van der Waals surface area contributed by atoms with Crippen LogP contribution in [-0.2, 0) is 0 Å². The number of ether oxygens (including phenoxy) is 2. The van der Waals surface area contributed by atoms with Crippen molar-refractivity contribution in [2.75, 3.05) is 19.5 Å². The lowest BCUT2D eigenvalue weighted by atomic mass is 10.1. The molecule has 1 rings (SSSR count). The normalized spacial score (nSPS) is 11.8. The van der Waals surface area contributed by atoms with E-state index in [4.69, 9.17) is 9.47 Å². The molecule has 0 saturated heterocycles. The van der Waals surface area contributed by atoms with Crippen molar-refractivity contribution in [2.45, 2.75) is 26.3 Å². The van der Waals surface area contributed by atoms with Crippen LogP contribution in [0.15, 0.2) is 12.1 Å². The molecule has 0 saturated carbocycles. The third-order valence-corrected chi connectivity index (χ3v) is 2.77. The van der Waals surface area contributed by atoms with Gasteiger partial charge >= 0.3 is 5.97 Å². The first-order chi connectivity index (χ1) is 8.53. The van der Waals surface area contributed by atoms with E-state index in [2.05, 4.69) is 5.32 Å². The van der Waals surface area contributed by atoms with Crippen LogP contribution in [0.5, 0.6) is 11.5 Å². The van der Waals surface area contributed by atoms with Gasteiger partial charge in [0.2, 0.25) is 0 Å². The minimum Gasteiger partial charge on any atom is -0.493 e. The molecule has 1 aromatic carbocycles. The van der Waals surface area contributed by atoms with Crippen molar-refractivity contribution in [1.82, 2.24) is 0 Å². The van der Waals surface area contributed by atoms with Crippen molar-refractivity contribution in [1.29, 1.82) is 0 Å². The smallest absolute Gasteiger partial charge is 0.337 e. The van der Waals surface area contributed by atoms with E-state index >= 15 is 0 Å². The molecule has 0 aliphatic rings. The first-order valence-corrected chi connectivity index (χ1v) is 5.79. The van der Waals surface area contributed by atoms with Crippen molar-refractivity contribution >= 4 is 11.7 Å². The number of carbonyl (C=O) groups is 1. The average Bonchev–Trinajstić information content (AvgIpc) is 2.37. The van der Waals surface area contributed by atoms with Gasteiger partial charge in [-0.1, -0.05) is 6.92 Å². The standard InChI is InChI=1S/C13H19NO4/c1-5-8(2)14-10-7-12(18-4)11(17-3)6-9(10)13(15)16/h6-8,14H,5H2,1-4H3,(H,15,16). The Balaban J connectivity index is 3.24. The third kappa shape index (κ3) is 3.06. The van der Waals surface area contributed by atoms with Crippen LogP contribution >= 0.6 is 0 Å². The number of methoxy groups -OCH3 is 2. The lowest BCUT2D eigenvalue weighted by Gasteiger charge is -2.17. The molecular formula is C13H19NO4. The molecule has 0 bridgehead atoms. The summed E-state index contributed by atoms with van der Waals surface area (Å²) in [5.74, 6) is -0.0836. The van der Waals surface area contributed by atoms with Gasteiger partial charge in [-0.05, 0) is 13.3 Å². The summed E-state index contributed by atoms with van der Waals surface area (Å²) in [5, 5.41) is 12.3. The Kier molecular flexibility index (Phi) is 4.83. The van der Waals surface area contributed by atoms with Gasteiger partial charge in [-0.2, -0.15) is 0 Å². The Bertz CT molecular complexity index is 431. The van der Waals surface area contributed by atoms with Gasteiger partial charge in [-0.15, -0.1) is 0 Å². The minimum atomic E-state index is -0.998. The van der Waals surface area contributed by atoms with Gasteiger partial charge in [0.05, 0.1) is 25.5 Å². The second kappa shape index (κ2) is 6.14. The first kappa shape index (κ1) is 14.2. The van der Waals surface area contributed by atoms with Crippen LogP contribution in [0.2, 0.25) is 0 Å². The SMILES string of the molecule is CCC(C)Nc1cc(OC)c(OC)cc1C(=O)O. The number of hydrogen-bond donors (Lipinski definition) is 2. The Morgan fingerprint density at radius 2 is 1.89 bits per heavy atom. The first-order valence-electron chi connectivity index (χ1n) is 5.79. The number of benzene rings is 1. The molecule has 0 aliphatic carbocycles. The molecule has 2 N–H and O–H groups in total. The van der Waals surface area contributed by atoms with Crippen LogP contribution in [-0.4, -0.2) is 31.3 Å². The van der Waals surface area contributed by atoms with Gasteiger partial charge in [-0.3, -0.25) is 0 Å². The zero-order valence-electron chi connectivity index (χ0n) is 11.1. The molecule has 0 spiro atoms. The van der Waals surface area contributed by atoms with Crippen LogP contribution in [0.4, 0.5) is 5.69 Å². The molecule has 0 radical (unpaired) electrons. The van der Waals surface area contributed by atoms with Gasteiger partial charge in [0, 0.05) is 18.2 Å². The second-order valence-electron chi connectivity index (χ2n) is 4.01. The van der Waals surface area contributed by atoms with Gasteiger partial charge in [-0.25, -0.2) is 4.79 Å². The highest BCUT2D eigenvalue weighted by molar-refractivity contribution is 5.95. The molecule has 5 heteroatoms. The number of nitrogens with one attached hydrogen (secondary N) is 1. The number of rotatable bonds is 6. The van der Waals surface area contributed by atoms with E-state index in [0.29, 0.717) is 17.2 Å². The largest absolute Gasteiger partial charge is 0.493 e. The van der Waals surface area contributed by atoms with Crippen LogP contribution in [0.25, 0.3) is 0 Å². The Morgan fingerprint density at radius 1 is 1.33 bits per heavy atom. The van der Waals surface area contributed by atoms with E-state index in [9.17, 15) is 9.90 Å². The fourth-order valence-corrected chi connectivity index (χ4v) is 1.54. The lowest BCUT2D eigenvalue weighted by Crippen LogP contribution is -2.16. The summed E-state index contributed by atoms with van der Waals surface area (Å²) in [7, 11) is 3.00. The quantitative estimate of drug-likeness (QED) is 0.815. The highest BCUT2D eigenvalue weighted by Gasteiger charge is 2.17. The molecule has 1 atom stereocenters. The van der Waals surface area contributed by atoms with Crippen LogP contribution in [0.1, 0.15) is 30.6 Å². The number of hydrogen-bond acceptors (Lipinski definition) is 4. The Morgan fingerprint density at radius 3 is 2.33 bits per heavy atom. The monoisotopic (exact) mass is 253 g/mol. The molecule has 1 unspecified atom stereocenters. The molecule has 5 nitrogen and oxygen atoms in total. The van der Waals surface area contributed by atoms with Crippen molar-refractivity contribution in [2.24, 2.45) is 0 Å². The van der Waals surface area contributed by atoms with Gasteiger partial charge in [0.25, 0.3) is 0 Å². The fraction of sp³-hybridized carbons (Fsp3) is 0.462. The molecule has 1 aromatic rings. The molecule has 18 heavy (non-hydrogen) atoms. The minimum absolute atomic E-state index is 0.174. The zero-order valence-corrected chi connectivity index (χ0v) is 11.1. The summed E-state index contributed by atoms with van der Waals surface area (Å²) in [4.78, 5) is 11.2. The lowest BCUT2D eigenvalue weighted by molar-refractivity contribution is 0.0697. The predicted molar refractivity (Wildman–Crippen MR) is 69.9 cm³/mol. The van der Waals surface area contributed by atoms with Gasteiger partial charge < -0.3 is 19.9 Å². The third-order valence-electron chi connectivity index (χ3n) is 2.77. The van der Waals surface area contributed by atoms with Crippen LogP contribution < -0.4 is 14.8 Å². The molecule has 100 valence electrons. The number of anilines is 1. The molecule has 0 amide bonds. The molecule has 0 aromatic heterocycles. The van der Waals surface area contributed by atoms with Gasteiger partial charge in [0.1, 0.15) is 0 Å². The Labute approximate surface area is 107 Å². The van der Waals surface area contributed by atoms with E-state index in [1.54, 1.807) is 6.07 Å². The van der Waals surface area contributed by atoms with Gasteiger partial charge in [0.15, 0.2) is 11.5 Å². The average molecular weight is 253 g/mol. The van der Waals surface area contributed by atoms with Crippen molar-refractivity contribution in [3.8, 4) is 11.5 Å². The zero-order chi connectivity index (χ0) is 13.7. The number of aromatic carboxylic acids is 1. The van der Waals surface area contributed by atoms with E-state index in [1.807, 2.05) is 13.8 Å². The van der Waals surface area contributed by atoms with Crippen molar-refractivity contribution < 1.29 is 19.4 Å². The fourth-order valence-electron chi connectivity index (χ4n) is 1.54. The van der Waals surface area contributed by atoms with E-state index in [1.165, 1.54) is 20.3 Å². The maximum Gasteiger partial charge on any atom is 0.337 e. The molecule has 0 fully saturated rings. The second-order valence-corrected chi connectivity index (χ2v) is 4.01. The van der Waals surface area contributed by atoms with Crippen molar-refractivity contribution in [3.05, 3.63) is 17.7 Å². The number of carboxylic acid groups (broad SMARTS) is 1. The van der Waals surface area contributed by atoms with Crippen LogP contribution in [0, 0.1) is 0 Å². The maximum absolute atomic E-state index is 11.2. The summed E-state index contributed by atoms with van der Waals surface area (Å²) in [6, 6.07) is 3.29. The molecule has 0 heterocycles. The highest BCUT2D eigenvalue weighted by atomic mass is 16.5. The van der Waals surface area contributed by atoms with E-state index < -0.39 is 5.97 Å². The summed E-state index contributed by atoms with van der Waals surface area (Å²) in [6.45, 7) is 4.02. The Hall–Kier alpha value is -1.91. The summed E-state index contributed by atoms with van der Waals surface area (Å²) >= 11 is 0. The predicted octanol–water partition coefficient (Wildman–Crippen LogP) is 2.61. The van der Waals surface area contributed by atoms with E-state index in [0.717, 1.165) is 6.42 Å². The highest BCUT2D eigenvalue weighted by Crippen LogP contribution is 2.33.